The molecule has 0 spiro atoms. The first kappa shape index (κ1) is 33.9. The number of amides is 1. The molecule has 46 heavy (non-hydrogen) atoms. The molecule has 0 radical (unpaired) electrons. The van der Waals surface area contributed by atoms with Gasteiger partial charge in [-0.2, -0.15) is 0 Å². The van der Waals surface area contributed by atoms with Crippen molar-refractivity contribution >= 4 is 36.5 Å². The Bertz CT molecular complexity index is 1950. The van der Waals surface area contributed by atoms with Crippen molar-refractivity contribution in [3.63, 3.8) is 0 Å². The molecule has 3 aromatic carbocycles. The van der Waals surface area contributed by atoms with Crippen LogP contribution in [0.5, 0.6) is 0 Å². The van der Waals surface area contributed by atoms with Crippen molar-refractivity contribution in [3.8, 4) is 11.1 Å². The van der Waals surface area contributed by atoms with E-state index < -0.39 is 25.4 Å². The van der Waals surface area contributed by atoms with Gasteiger partial charge in [0, 0.05) is 35.8 Å². The molecule has 0 unspecified atom stereocenters. The van der Waals surface area contributed by atoms with E-state index in [9.17, 15) is 21.6 Å². The van der Waals surface area contributed by atoms with E-state index in [0.717, 1.165) is 47.0 Å². The molecular formula is C36H45N3O5S2. The Hall–Kier alpha value is -3.47. The third kappa shape index (κ3) is 7.40. The Kier molecular flexibility index (Phi) is 9.82. The highest BCUT2D eigenvalue weighted by molar-refractivity contribution is 7.91. The molecule has 1 saturated carbocycles. The molecule has 1 fully saturated rings. The van der Waals surface area contributed by atoms with Crippen LogP contribution >= 0.6 is 0 Å². The van der Waals surface area contributed by atoms with Crippen LogP contribution in [0.25, 0.3) is 21.9 Å². The Morgan fingerprint density at radius 3 is 2.15 bits per heavy atom. The molecule has 2 N–H and O–H groups in total. The molecule has 8 nitrogen and oxygen atoms in total. The van der Waals surface area contributed by atoms with Crippen LogP contribution in [0.4, 0.5) is 0 Å². The van der Waals surface area contributed by atoms with Crippen LogP contribution in [0.15, 0.2) is 76.5 Å². The summed E-state index contributed by atoms with van der Waals surface area (Å²) in [4.78, 5) is 14.2. The standard InChI is InChI=1S/C36H45N3O5S2/c1-6-45(41,42)27-18-16-26(17-19-27)24-37-35(40)33-23-31(32(39(33)5)22-25-12-8-7-9-13-25)29-20-21-34(30-15-11-10-14-28(29)30)46(43,44)38-36(2,3)4/h10-11,14-21,23,25,38H,6-9,12-13,22,24H2,1-5H3,(H,37,40). The molecule has 5 rings (SSSR count). The molecule has 10 heteroatoms. The topological polar surface area (TPSA) is 114 Å². The molecular weight excluding hydrogens is 619 g/mol. The Balaban J connectivity index is 1.53. The van der Waals surface area contributed by atoms with Crippen LogP contribution in [0, 0.1) is 5.92 Å². The lowest BCUT2D eigenvalue weighted by atomic mass is 9.84. The first-order valence-corrected chi connectivity index (χ1v) is 19.2. The van der Waals surface area contributed by atoms with Crippen molar-refractivity contribution in [2.75, 3.05) is 5.75 Å². The minimum absolute atomic E-state index is 0.0315. The SMILES string of the molecule is CCS(=O)(=O)c1ccc(CNC(=O)c2cc(-c3ccc(S(=O)(=O)NC(C)(C)C)c4ccccc34)c(CC3CCCCC3)n2C)cc1. The zero-order valence-electron chi connectivity index (χ0n) is 27.4. The molecule has 246 valence electrons. The number of benzene rings is 3. The first-order chi connectivity index (χ1) is 21.7. The van der Waals surface area contributed by atoms with Gasteiger partial charge < -0.3 is 9.88 Å². The Labute approximate surface area is 273 Å². The number of nitrogens with zero attached hydrogens (tertiary/aromatic N) is 1. The monoisotopic (exact) mass is 663 g/mol. The van der Waals surface area contributed by atoms with Crippen LogP contribution in [0.2, 0.25) is 0 Å². The number of sulfonamides is 1. The van der Waals surface area contributed by atoms with Crippen LogP contribution in [0.1, 0.15) is 81.5 Å². The molecule has 0 atom stereocenters. The van der Waals surface area contributed by atoms with E-state index in [0.29, 0.717) is 17.0 Å². The van der Waals surface area contributed by atoms with Crippen molar-refractivity contribution in [3.05, 3.63) is 83.7 Å². The highest BCUT2D eigenvalue weighted by Gasteiger charge is 2.27. The number of hydrogen-bond acceptors (Lipinski definition) is 5. The molecule has 0 saturated heterocycles. The smallest absolute Gasteiger partial charge is 0.268 e. The summed E-state index contributed by atoms with van der Waals surface area (Å²) in [7, 11) is -5.16. The van der Waals surface area contributed by atoms with E-state index in [1.165, 1.54) is 19.3 Å². The molecule has 0 aliphatic heterocycles. The maximum Gasteiger partial charge on any atom is 0.268 e. The number of aromatic nitrogens is 1. The summed E-state index contributed by atoms with van der Waals surface area (Å²) in [5.41, 5.74) is 3.55. The van der Waals surface area contributed by atoms with Gasteiger partial charge in [0.2, 0.25) is 10.0 Å². The lowest BCUT2D eigenvalue weighted by Gasteiger charge is -2.23. The van der Waals surface area contributed by atoms with Crippen LogP contribution in [-0.2, 0) is 39.9 Å². The zero-order valence-corrected chi connectivity index (χ0v) is 29.0. The number of nitrogens with one attached hydrogen (secondary N) is 2. The third-order valence-electron chi connectivity index (χ3n) is 8.82. The number of rotatable bonds is 10. The highest BCUT2D eigenvalue weighted by Crippen LogP contribution is 2.38. The highest BCUT2D eigenvalue weighted by atomic mass is 32.2. The number of fused-ring (bicyclic) bond motifs is 1. The van der Waals surface area contributed by atoms with Gasteiger partial charge in [0.05, 0.1) is 15.5 Å². The number of hydrogen-bond donors (Lipinski definition) is 2. The van der Waals surface area contributed by atoms with Gasteiger partial charge in [-0.3, -0.25) is 4.79 Å². The van der Waals surface area contributed by atoms with Crippen molar-refractivity contribution in [1.29, 1.82) is 0 Å². The number of sulfone groups is 1. The first-order valence-electron chi connectivity index (χ1n) is 16.0. The van der Waals surface area contributed by atoms with Crippen LogP contribution in [-0.4, -0.2) is 38.6 Å². The molecule has 1 aliphatic carbocycles. The molecule has 1 aliphatic rings. The van der Waals surface area contributed by atoms with Gasteiger partial charge in [0.1, 0.15) is 5.69 Å². The molecule has 1 heterocycles. The quantitative estimate of drug-likeness (QED) is 0.194. The van der Waals surface area contributed by atoms with Gasteiger partial charge in [-0.1, -0.05) is 81.5 Å². The van der Waals surface area contributed by atoms with E-state index >= 15 is 0 Å². The van der Waals surface area contributed by atoms with Gasteiger partial charge in [-0.05, 0) is 73.9 Å². The van der Waals surface area contributed by atoms with Crippen molar-refractivity contribution in [2.24, 2.45) is 13.0 Å². The normalized spacial score (nSPS) is 14.9. The minimum Gasteiger partial charge on any atom is -0.347 e. The summed E-state index contributed by atoms with van der Waals surface area (Å²) < 4.78 is 56.1. The minimum atomic E-state index is -3.79. The number of carbonyl (C=O) groups is 1. The zero-order chi connectivity index (χ0) is 33.3. The van der Waals surface area contributed by atoms with Crippen molar-refractivity contribution < 1.29 is 21.6 Å². The lowest BCUT2D eigenvalue weighted by molar-refractivity contribution is 0.0942. The van der Waals surface area contributed by atoms with Gasteiger partial charge >= 0.3 is 0 Å². The predicted molar refractivity (Wildman–Crippen MR) is 184 cm³/mol. The lowest BCUT2D eigenvalue weighted by Crippen LogP contribution is -2.40. The van der Waals surface area contributed by atoms with Crippen LogP contribution in [0.3, 0.4) is 0 Å². The molecule has 1 amide bonds. The fourth-order valence-corrected chi connectivity index (χ4v) is 8.97. The largest absolute Gasteiger partial charge is 0.347 e. The van der Waals surface area contributed by atoms with Gasteiger partial charge in [0.25, 0.3) is 5.91 Å². The van der Waals surface area contributed by atoms with Gasteiger partial charge in [-0.25, -0.2) is 21.6 Å². The second-order valence-electron chi connectivity index (χ2n) is 13.4. The molecule has 0 bridgehead atoms. The van der Waals surface area contributed by atoms with Crippen molar-refractivity contribution in [1.82, 2.24) is 14.6 Å². The number of carbonyl (C=O) groups excluding carboxylic acids is 1. The second-order valence-corrected chi connectivity index (χ2v) is 17.3. The maximum atomic E-state index is 13.7. The van der Waals surface area contributed by atoms with Crippen molar-refractivity contribution in [2.45, 2.75) is 88.1 Å². The predicted octanol–water partition coefficient (Wildman–Crippen LogP) is 6.77. The van der Waals surface area contributed by atoms with E-state index in [1.54, 1.807) is 37.3 Å². The third-order valence-corrected chi connectivity index (χ3v) is 12.4. The molecule has 4 aromatic rings. The van der Waals surface area contributed by atoms with E-state index in [2.05, 4.69) is 10.0 Å². The fraction of sp³-hybridized carbons (Fsp3) is 0.417. The average molecular weight is 664 g/mol. The summed E-state index contributed by atoms with van der Waals surface area (Å²) in [5, 5.41) is 4.45. The Morgan fingerprint density at radius 2 is 1.52 bits per heavy atom. The van der Waals surface area contributed by atoms with E-state index in [4.69, 9.17) is 0 Å². The Morgan fingerprint density at radius 1 is 0.870 bits per heavy atom. The van der Waals surface area contributed by atoms with E-state index in [-0.39, 0.29) is 28.0 Å². The average Bonchev–Trinajstić information content (AvgIpc) is 3.34. The second kappa shape index (κ2) is 13.3. The summed E-state index contributed by atoms with van der Waals surface area (Å²) in [6.07, 6.45) is 6.77. The van der Waals surface area contributed by atoms with E-state index in [1.807, 2.05) is 68.8 Å². The maximum absolute atomic E-state index is 13.7. The van der Waals surface area contributed by atoms with Crippen LogP contribution < -0.4 is 10.0 Å². The van der Waals surface area contributed by atoms with Gasteiger partial charge in [-0.15, -0.1) is 0 Å². The van der Waals surface area contributed by atoms with Gasteiger partial charge in [0.15, 0.2) is 9.84 Å². The summed E-state index contributed by atoms with van der Waals surface area (Å²) in [5.74, 6) is 0.308. The summed E-state index contributed by atoms with van der Waals surface area (Å²) >= 11 is 0. The fourth-order valence-electron chi connectivity index (χ4n) is 6.46. The summed E-state index contributed by atoms with van der Waals surface area (Å²) in [6, 6.07) is 19.6. The molecule has 1 aromatic heterocycles. The summed E-state index contributed by atoms with van der Waals surface area (Å²) in [6.45, 7) is 7.33.